The highest BCUT2D eigenvalue weighted by atomic mass is 19.3. The monoisotopic (exact) mass is 259 g/mol. The molecule has 0 saturated heterocycles. The van der Waals surface area contributed by atoms with Gasteiger partial charge in [-0.2, -0.15) is 0 Å². The molecule has 0 aliphatic carbocycles. The van der Waals surface area contributed by atoms with Gasteiger partial charge in [0.1, 0.15) is 5.82 Å². The molecule has 0 fully saturated rings. The molecule has 0 aliphatic rings. The number of nitrogen functional groups attached to an aromatic ring is 1. The summed E-state index contributed by atoms with van der Waals surface area (Å²) >= 11 is 0. The molecule has 1 aromatic heterocycles. The van der Waals surface area contributed by atoms with Crippen LogP contribution in [0.5, 0.6) is 0 Å². The van der Waals surface area contributed by atoms with Crippen LogP contribution in [0.25, 0.3) is 0 Å². The summed E-state index contributed by atoms with van der Waals surface area (Å²) in [6.07, 6.45) is -1.94. The molecule has 0 unspecified atom stereocenters. The molecule has 0 radical (unpaired) electrons. The number of alkyl halides is 2. The van der Waals surface area contributed by atoms with Crippen molar-refractivity contribution < 1.29 is 18.3 Å². The van der Waals surface area contributed by atoms with Gasteiger partial charge >= 0.3 is 5.97 Å². The smallest absolute Gasteiger partial charge is 0.310 e. The molecule has 1 rings (SSSR count). The molecule has 100 valence electrons. The second kappa shape index (κ2) is 6.25. The number of esters is 1. The van der Waals surface area contributed by atoms with Gasteiger partial charge in [0.25, 0.3) is 6.43 Å². The van der Waals surface area contributed by atoms with Gasteiger partial charge in [-0.25, -0.2) is 13.8 Å². The van der Waals surface area contributed by atoms with E-state index in [0.29, 0.717) is 0 Å². The van der Waals surface area contributed by atoms with Gasteiger partial charge in [-0.15, -0.1) is 0 Å². The van der Waals surface area contributed by atoms with E-state index in [1.54, 1.807) is 6.92 Å². The SMILES string of the molecule is CCOC(=O)Cc1c(N)ncc(C(F)F)c1CN. The van der Waals surface area contributed by atoms with Gasteiger partial charge in [0.05, 0.1) is 13.0 Å². The van der Waals surface area contributed by atoms with Gasteiger partial charge < -0.3 is 16.2 Å². The maximum atomic E-state index is 12.8. The van der Waals surface area contributed by atoms with Gasteiger partial charge in [0, 0.05) is 23.9 Å². The minimum atomic E-state index is -2.71. The molecule has 18 heavy (non-hydrogen) atoms. The number of ether oxygens (including phenoxy) is 1. The molecule has 0 amide bonds. The predicted molar refractivity (Wildman–Crippen MR) is 61.8 cm³/mol. The van der Waals surface area contributed by atoms with Crippen LogP contribution < -0.4 is 11.5 Å². The van der Waals surface area contributed by atoms with Gasteiger partial charge in [-0.1, -0.05) is 0 Å². The van der Waals surface area contributed by atoms with E-state index >= 15 is 0 Å². The molecule has 0 atom stereocenters. The Labute approximate surface area is 103 Å². The highest BCUT2D eigenvalue weighted by Gasteiger charge is 2.20. The van der Waals surface area contributed by atoms with Crippen molar-refractivity contribution in [3.8, 4) is 0 Å². The largest absolute Gasteiger partial charge is 0.466 e. The number of anilines is 1. The number of nitrogens with two attached hydrogens (primary N) is 2. The lowest BCUT2D eigenvalue weighted by atomic mass is 10.0. The van der Waals surface area contributed by atoms with E-state index in [1.807, 2.05) is 0 Å². The van der Waals surface area contributed by atoms with Crippen molar-refractivity contribution in [3.63, 3.8) is 0 Å². The van der Waals surface area contributed by atoms with Crippen molar-refractivity contribution >= 4 is 11.8 Å². The Hall–Kier alpha value is -1.76. The number of pyridine rings is 1. The van der Waals surface area contributed by atoms with E-state index in [2.05, 4.69) is 4.98 Å². The van der Waals surface area contributed by atoms with Crippen LogP contribution in [0.4, 0.5) is 14.6 Å². The van der Waals surface area contributed by atoms with Crippen molar-refractivity contribution in [1.82, 2.24) is 4.98 Å². The zero-order valence-electron chi connectivity index (χ0n) is 9.95. The Kier molecular flexibility index (Phi) is 4.96. The van der Waals surface area contributed by atoms with E-state index in [0.717, 1.165) is 6.20 Å². The van der Waals surface area contributed by atoms with Crippen molar-refractivity contribution in [2.75, 3.05) is 12.3 Å². The first kappa shape index (κ1) is 14.3. The number of hydrogen-bond acceptors (Lipinski definition) is 5. The van der Waals surface area contributed by atoms with Gasteiger partial charge in [0.2, 0.25) is 0 Å². The van der Waals surface area contributed by atoms with E-state index in [-0.39, 0.29) is 42.1 Å². The van der Waals surface area contributed by atoms with Crippen molar-refractivity contribution in [2.45, 2.75) is 26.3 Å². The first-order valence-corrected chi connectivity index (χ1v) is 5.41. The summed E-state index contributed by atoms with van der Waals surface area (Å²) in [6, 6.07) is 0. The van der Waals surface area contributed by atoms with Gasteiger partial charge in [-0.05, 0) is 12.5 Å². The fourth-order valence-electron chi connectivity index (χ4n) is 1.61. The topological polar surface area (TPSA) is 91.2 Å². The minimum absolute atomic E-state index is 0.0212. The summed E-state index contributed by atoms with van der Waals surface area (Å²) in [5.74, 6) is -0.528. The van der Waals surface area contributed by atoms with Gasteiger partial charge in [-0.3, -0.25) is 4.79 Å². The Morgan fingerprint density at radius 1 is 1.50 bits per heavy atom. The Morgan fingerprint density at radius 2 is 2.17 bits per heavy atom. The lowest BCUT2D eigenvalue weighted by Crippen LogP contribution is -2.16. The molecule has 0 bridgehead atoms. The summed E-state index contributed by atoms with van der Waals surface area (Å²) in [5.41, 5.74) is 11.1. The van der Waals surface area contributed by atoms with Crippen LogP contribution in [0.15, 0.2) is 6.20 Å². The standard InChI is InChI=1S/C11H15F2N3O2/c1-2-18-9(17)3-6-7(4-14)8(10(12)13)5-16-11(6)15/h5,10H,2-4,14H2,1H3,(H2,15,16). The minimum Gasteiger partial charge on any atom is -0.466 e. The maximum Gasteiger partial charge on any atom is 0.310 e. The zero-order valence-corrected chi connectivity index (χ0v) is 9.95. The second-order valence-electron chi connectivity index (χ2n) is 3.54. The highest BCUT2D eigenvalue weighted by Crippen LogP contribution is 2.27. The molecule has 5 nitrogen and oxygen atoms in total. The average Bonchev–Trinajstić information content (AvgIpc) is 2.31. The molecule has 4 N–H and O–H groups in total. The Bertz CT molecular complexity index is 439. The summed E-state index contributed by atoms with van der Waals surface area (Å²) in [5, 5.41) is 0. The first-order valence-electron chi connectivity index (χ1n) is 5.41. The lowest BCUT2D eigenvalue weighted by molar-refractivity contribution is -0.142. The van der Waals surface area contributed by atoms with Crippen LogP contribution >= 0.6 is 0 Å². The molecular weight excluding hydrogens is 244 g/mol. The Balaban J connectivity index is 3.15. The summed E-state index contributed by atoms with van der Waals surface area (Å²) in [4.78, 5) is 15.0. The molecular formula is C11H15F2N3O2. The molecule has 0 aliphatic heterocycles. The quantitative estimate of drug-likeness (QED) is 0.774. The number of aromatic nitrogens is 1. The van der Waals surface area contributed by atoms with Crippen molar-refractivity contribution in [2.24, 2.45) is 5.73 Å². The number of carbonyl (C=O) groups is 1. The van der Waals surface area contributed by atoms with E-state index in [1.165, 1.54) is 0 Å². The van der Waals surface area contributed by atoms with Crippen LogP contribution in [0, 0.1) is 0 Å². The fourth-order valence-corrected chi connectivity index (χ4v) is 1.61. The Morgan fingerprint density at radius 3 is 2.67 bits per heavy atom. The van der Waals surface area contributed by atoms with Crippen LogP contribution in [0.3, 0.4) is 0 Å². The average molecular weight is 259 g/mol. The third kappa shape index (κ3) is 3.13. The van der Waals surface area contributed by atoms with E-state index in [4.69, 9.17) is 16.2 Å². The lowest BCUT2D eigenvalue weighted by Gasteiger charge is -2.14. The first-order chi connectivity index (χ1) is 8.51. The third-order valence-electron chi connectivity index (χ3n) is 2.43. The van der Waals surface area contributed by atoms with E-state index in [9.17, 15) is 13.6 Å². The molecule has 7 heteroatoms. The van der Waals surface area contributed by atoms with Crippen molar-refractivity contribution in [1.29, 1.82) is 0 Å². The third-order valence-corrected chi connectivity index (χ3v) is 2.43. The van der Waals surface area contributed by atoms with Crippen LogP contribution in [-0.2, 0) is 22.5 Å². The normalized spacial score (nSPS) is 10.7. The highest BCUT2D eigenvalue weighted by molar-refractivity contribution is 5.75. The van der Waals surface area contributed by atoms with Crippen LogP contribution in [0.2, 0.25) is 0 Å². The van der Waals surface area contributed by atoms with Crippen molar-refractivity contribution in [3.05, 3.63) is 22.9 Å². The fraction of sp³-hybridized carbons (Fsp3) is 0.455. The summed E-state index contributed by atoms with van der Waals surface area (Å²) < 4.78 is 30.3. The second-order valence-corrected chi connectivity index (χ2v) is 3.54. The molecule has 1 aromatic rings. The molecule has 1 heterocycles. The number of nitrogens with zero attached hydrogens (tertiary/aromatic N) is 1. The zero-order chi connectivity index (χ0) is 13.7. The van der Waals surface area contributed by atoms with Crippen LogP contribution in [-0.4, -0.2) is 17.6 Å². The molecule has 0 saturated carbocycles. The summed E-state index contributed by atoms with van der Waals surface area (Å²) in [6.45, 7) is 1.72. The van der Waals surface area contributed by atoms with Gasteiger partial charge in [0.15, 0.2) is 0 Å². The number of halogens is 2. The maximum absolute atomic E-state index is 12.8. The molecule has 0 aromatic carbocycles. The van der Waals surface area contributed by atoms with E-state index < -0.39 is 12.4 Å². The number of hydrogen-bond donors (Lipinski definition) is 2. The number of rotatable bonds is 5. The van der Waals surface area contributed by atoms with Crippen LogP contribution in [0.1, 0.15) is 30.0 Å². The number of carbonyl (C=O) groups excluding carboxylic acids is 1. The predicted octanol–water partition coefficient (Wildman–Crippen LogP) is 1.17. The molecule has 0 spiro atoms. The summed E-state index contributed by atoms with van der Waals surface area (Å²) in [7, 11) is 0.